The number of hydrogen-bond donors (Lipinski definition) is 1. The summed E-state index contributed by atoms with van der Waals surface area (Å²) in [6.45, 7) is 0.151. The normalized spacial score (nSPS) is 12.2. The summed E-state index contributed by atoms with van der Waals surface area (Å²) in [6.07, 6.45) is 1.14. The van der Waals surface area contributed by atoms with E-state index in [2.05, 4.69) is 15.3 Å². The van der Waals surface area contributed by atoms with E-state index >= 15 is 0 Å². The van der Waals surface area contributed by atoms with Crippen LogP contribution < -0.4 is 14.8 Å². The fourth-order valence-electron chi connectivity index (χ4n) is 1.72. The lowest BCUT2D eigenvalue weighted by Crippen LogP contribution is -2.01. The summed E-state index contributed by atoms with van der Waals surface area (Å²) in [5.74, 6) is 1.18. The van der Waals surface area contributed by atoms with Crippen LogP contribution in [-0.2, 0) is 0 Å². The third kappa shape index (κ3) is 2.16. The van der Waals surface area contributed by atoms with Gasteiger partial charge in [0.25, 0.3) is 0 Å². The van der Waals surface area contributed by atoms with Crippen LogP contribution in [0.15, 0.2) is 24.5 Å². The zero-order chi connectivity index (χ0) is 14.1. The summed E-state index contributed by atoms with van der Waals surface area (Å²) < 4.78 is 10.4. The smallest absolute Gasteiger partial charge is 0.348 e. The van der Waals surface area contributed by atoms with Gasteiger partial charge in [-0.1, -0.05) is 11.6 Å². The molecule has 102 valence electrons. The van der Waals surface area contributed by atoms with Gasteiger partial charge in [0.05, 0.1) is 4.92 Å². The van der Waals surface area contributed by atoms with Crippen LogP contribution in [0.2, 0.25) is 5.15 Å². The molecule has 1 aliphatic heterocycles. The Bertz CT molecular complexity index is 694. The number of fused-ring (bicyclic) bond motifs is 1. The maximum Gasteiger partial charge on any atom is 0.348 e. The molecule has 1 aromatic carbocycles. The maximum atomic E-state index is 11.0. The van der Waals surface area contributed by atoms with Crippen molar-refractivity contribution in [3.63, 3.8) is 0 Å². The number of nitrogens with one attached hydrogen (secondary N) is 1. The largest absolute Gasteiger partial charge is 0.454 e. The molecule has 20 heavy (non-hydrogen) atoms. The van der Waals surface area contributed by atoms with Gasteiger partial charge >= 0.3 is 5.69 Å². The van der Waals surface area contributed by atoms with Gasteiger partial charge in [0.15, 0.2) is 11.5 Å². The van der Waals surface area contributed by atoms with Crippen LogP contribution in [0.25, 0.3) is 0 Å². The highest BCUT2D eigenvalue weighted by atomic mass is 35.5. The first-order valence-corrected chi connectivity index (χ1v) is 5.84. The molecule has 1 aromatic heterocycles. The molecule has 1 N–H and O–H groups in total. The predicted octanol–water partition coefficient (Wildman–Crippen LogP) is 2.51. The lowest BCUT2D eigenvalue weighted by molar-refractivity contribution is -0.384. The highest BCUT2D eigenvalue weighted by Gasteiger charge is 2.22. The first-order valence-electron chi connectivity index (χ1n) is 5.46. The van der Waals surface area contributed by atoms with Crippen LogP contribution in [0, 0.1) is 10.1 Å². The lowest BCUT2D eigenvalue weighted by atomic mass is 10.2. The fraction of sp³-hybridized carbons (Fsp3) is 0.0909. The summed E-state index contributed by atoms with van der Waals surface area (Å²) in [7, 11) is 0. The Kier molecular flexibility index (Phi) is 2.99. The molecule has 9 heteroatoms. The number of nitrogens with zero attached hydrogens (tertiary/aromatic N) is 3. The van der Waals surface area contributed by atoms with Gasteiger partial charge in [0.1, 0.15) is 6.33 Å². The second kappa shape index (κ2) is 4.82. The lowest BCUT2D eigenvalue weighted by Gasteiger charge is -2.07. The molecule has 1 aliphatic rings. The van der Waals surface area contributed by atoms with Crippen LogP contribution in [0.3, 0.4) is 0 Å². The minimum Gasteiger partial charge on any atom is -0.454 e. The Morgan fingerprint density at radius 2 is 2.10 bits per heavy atom. The number of rotatable bonds is 3. The molecule has 0 unspecified atom stereocenters. The van der Waals surface area contributed by atoms with Crippen LogP contribution in [0.4, 0.5) is 17.2 Å². The quantitative estimate of drug-likeness (QED) is 0.527. The van der Waals surface area contributed by atoms with Gasteiger partial charge < -0.3 is 14.8 Å². The van der Waals surface area contributed by atoms with Crippen LogP contribution in [0.1, 0.15) is 0 Å². The first kappa shape index (κ1) is 12.4. The molecule has 0 radical (unpaired) electrons. The molecule has 0 atom stereocenters. The summed E-state index contributed by atoms with van der Waals surface area (Å²) in [5, 5.41) is 13.6. The van der Waals surface area contributed by atoms with Gasteiger partial charge in [-0.05, 0) is 12.1 Å². The van der Waals surface area contributed by atoms with Crippen LogP contribution in [-0.4, -0.2) is 21.7 Å². The molecule has 0 saturated carbocycles. The molecule has 0 amide bonds. The number of ether oxygens (including phenoxy) is 2. The first-order chi connectivity index (χ1) is 9.65. The van der Waals surface area contributed by atoms with Crippen molar-refractivity contribution in [1.82, 2.24) is 9.97 Å². The monoisotopic (exact) mass is 294 g/mol. The number of benzene rings is 1. The standard InChI is InChI=1S/C11H7ClN4O4/c12-10-9(16(17)18)11(14-4-13-10)15-6-1-2-7-8(3-6)20-5-19-7/h1-4H,5H2,(H,13,14,15). The van der Waals surface area contributed by atoms with E-state index in [1.54, 1.807) is 18.2 Å². The van der Waals surface area contributed by atoms with Crippen molar-refractivity contribution >= 4 is 28.8 Å². The van der Waals surface area contributed by atoms with Gasteiger partial charge in [-0.3, -0.25) is 10.1 Å². The predicted molar refractivity (Wildman–Crippen MR) is 69.5 cm³/mol. The molecule has 0 fully saturated rings. The minimum absolute atomic E-state index is 0.00821. The molecule has 0 aliphatic carbocycles. The van der Waals surface area contributed by atoms with E-state index in [4.69, 9.17) is 21.1 Å². The Labute approximate surface area is 117 Å². The summed E-state index contributed by atoms with van der Waals surface area (Å²) in [6, 6.07) is 5.04. The zero-order valence-electron chi connectivity index (χ0n) is 9.87. The van der Waals surface area contributed by atoms with E-state index in [0.717, 1.165) is 6.33 Å². The number of halogens is 1. The number of nitro groups is 1. The van der Waals surface area contributed by atoms with Crippen molar-refractivity contribution in [2.24, 2.45) is 0 Å². The van der Waals surface area contributed by atoms with Gasteiger partial charge in [-0.15, -0.1) is 0 Å². The van der Waals surface area contributed by atoms with Crippen molar-refractivity contribution in [2.45, 2.75) is 0 Å². The Morgan fingerprint density at radius 3 is 2.90 bits per heavy atom. The molecule has 0 bridgehead atoms. The van der Waals surface area contributed by atoms with E-state index in [9.17, 15) is 10.1 Å². The van der Waals surface area contributed by atoms with E-state index in [-0.39, 0.29) is 23.5 Å². The van der Waals surface area contributed by atoms with Crippen molar-refractivity contribution in [1.29, 1.82) is 0 Å². The highest BCUT2D eigenvalue weighted by Crippen LogP contribution is 2.36. The second-order valence-electron chi connectivity index (χ2n) is 3.81. The third-order valence-electron chi connectivity index (χ3n) is 2.60. The van der Waals surface area contributed by atoms with Crippen molar-refractivity contribution in [3.05, 3.63) is 39.8 Å². The Hall–Kier alpha value is -2.61. The van der Waals surface area contributed by atoms with Crippen molar-refractivity contribution in [2.75, 3.05) is 12.1 Å². The third-order valence-corrected chi connectivity index (χ3v) is 2.87. The van der Waals surface area contributed by atoms with E-state index in [0.29, 0.717) is 17.2 Å². The highest BCUT2D eigenvalue weighted by molar-refractivity contribution is 6.31. The number of anilines is 2. The summed E-state index contributed by atoms with van der Waals surface area (Å²) in [4.78, 5) is 17.8. The van der Waals surface area contributed by atoms with Gasteiger partial charge in [-0.25, -0.2) is 9.97 Å². The zero-order valence-corrected chi connectivity index (χ0v) is 10.6. The molecule has 2 aromatic rings. The van der Waals surface area contributed by atoms with E-state index in [1.165, 1.54) is 0 Å². The van der Waals surface area contributed by atoms with Crippen molar-refractivity contribution in [3.8, 4) is 11.5 Å². The molecule has 0 spiro atoms. The van der Waals surface area contributed by atoms with Gasteiger partial charge in [0, 0.05) is 11.8 Å². The van der Waals surface area contributed by atoms with Gasteiger partial charge in [-0.2, -0.15) is 0 Å². The average molecular weight is 295 g/mol. The molecular weight excluding hydrogens is 288 g/mol. The average Bonchev–Trinajstić information content (AvgIpc) is 2.85. The number of hydrogen-bond acceptors (Lipinski definition) is 7. The van der Waals surface area contributed by atoms with Gasteiger partial charge in [0.2, 0.25) is 17.8 Å². The Balaban J connectivity index is 1.95. The summed E-state index contributed by atoms with van der Waals surface area (Å²) >= 11 is 5.71. The minimum atomic E-state index is -0.641. The molecular formula is C11H7ClN4O4. The molecule has 0 saturated heterocycles. The molecule has 3 rings (SSSR count). The second-order valence-corrected chi connectivity index (χ2v) is 4.17. The SMILES string of the molecule is O=[N+]([O-])c1c(Cl)ncnc1Nc1ccc2c(c1)OCO2. The van der Waals surface area contributed by atoms with E-state index in [1.807, 2.05) is 0 Å². The summed E-state index contributed by atoms with van der Waals surface area (Å²) in [5.41, 5.74) is 0.180. The molecule has 8 nitrogen and oxygen atoms in total. The van der Waals surface area contributed by atoms with Crippen molar-refractivity contribution < 1.29 is 14.4 Å². The van der Waals surface area contributed by atoms with E-state index < -0.39 is 4.92 Å². The Morgan fingerprint density at radius 1 is 1.30 bits per heavy atom. The fourth-order valence-corrected chi connectivity index (χ4v) is 1.92. The van der Waals surface area contributed by atoms with Crippen LogP contribution >= 0.6 is 11.6 Å². The topological polar surface area (TPSA) is 99.4 Å². The number of aromatic nitrogens is 2. The molecule has 2 heterocycles. The maximum absolute atomic E-state index is 11.0. The van der Waals surface area contributed by atoms with Crippen LogP contribution in [0.5, 0.6) is 11.5 Å².